The maximum absolute atomic E-state index is 11.6. The van der Waals surface area contributed by atoms with Crippen LogP contribution in [0.15, 0.2) is 12.3 Å². The Balaban J connectivity index is 2.37. The van der Waals surface area contributed by atoms with Crippen LogP contribution >= 0.6 is 11.6 Å². The number of anilines is 2. The van der Waals surface area contributed by atoms with Gasteiger partial charge in [-0.15, -0.1) is 0 Å². The smallest absolute Gasteiger partial charge is 0.228 e. The van der Waals surface area contributed by atoms with Crippen molar-refractivity contribution in [3.05, 3.63) is 17.3 Å². The number of pyridine rings is 1. The number of nitrogen functional groups attached to an aromatic ring is 1. The van der Waals surface area contributed by atoms with E-state index in [4.69, 9.17) is 23.1 Å². The zero-order valence-electron chi connectivity index (χ0n) is 7.98. The molecule has 15 heavy (non-hydrogen) atoms. The van der Waals surface area contributed by atoms with E-state index in [0.29, 0.717) is 29.5 Å². The Bertz CT molecular complexity index is 409. The van der Waals surface area contributed by atoms with E-state index < -0.39 is 0 Å². The Morgan fingerprint density at radius 2 is 2.33 bits per heavy atom. The number of carbonyl (C=O) groups excluding carboxylic acids is 1. The van der Waals surface area contributed by atoms with Crippen LogP contribution in [0.5, 0.6) is 0 Å². The number of nitrogens with zero attached hydrogens (tertiary/aromatic N) is 2. The van der Waals surface area contributed by atoms with E-state index in [9.17, 15) is 4.79 Å². The van der Waals surface area contributed by atoms with Gasteiger partial charge in [-0.2, -0.15) is 0 Å². The van der Waals surface area contributed by atoms with Gasteiger partial charge in [0.2, 0.25) is 5.91 Å². The average Bonchev–Trinajstić information content (AvgIpc) is 2.50. The van der Waals surface area contributed by atoms with Gasteiger partial charge in [0.15, 0.2) is 0 Å². The quantitative estimate of drug-likeness (QED) is 0.725. The van der Waals surface area contributed by atoms with E-state index in [2.05, 4.69) is 4.98 Å². The molecule has 2 rings (SSSR count). The molecule has 0 bridgehead atoms. The average molecular weight is 227 g/mol. The predicted molar refractivity (Wildman–Crippen MR) is 58.6 cm³/mol. The van der Waals surface area contributed by atoms with E-state index in [0.717, 1.165) is 0 Å². The summed E-state index contributed by atoms with van der Waals surface area (Å²) in [5.74, 6) is 0.250. The third-order valence-corrected chi connectivity index (χ3v) is 2.52. The zero-order valence-corrected chi connectivity index (χ0v) is 8.74. The van der Waals surface area contributed by atoms with Gasteiger partial charge in [0, 0.05) is 25.2 Å². The first-order chi connectivity index (χ1) is 7.08. The Labute approximate surface area is 92.0 Å². The molecular weight excluding hydrogens is 216 g/mol. The SMILES string of the molecule is Nc1ncc(Cl)cc1N1CC(N)CC1=O. The minimum absolute atomic E-state index is 0.0433. The van der Waals surface area contributed by atoms with Crippen LogP contribution in [-0.4, -0.2) is 23.5 Å². The van der Waals surface area contributed by atoms with Crippen LogP contribution in [-0.2, 0) is 4.79 Å². The number of carbonyl (C=O) groups is 1. The van der Waals surface area contributed by atoms with Gasteiger partial charge in [0.1, 0.15) is 5.82 Å². The van der Waals surface area contributed by atoms with E-state index in [1.54, 1.807) is 6.07 Å². The summed E-state index contributed by atoms with van der Waals surface area (Å²) in [5, 5.41) is 0.451. The number of hydrogen-bond acceptors (Lipinski definition) is 4. The van der Waals surface area contributed by atoms with Crippen molar-refractivity contribution in [2.75, 3.05) is 17.2 Å². The fraction of sp³-hybridized carbons (Fsp3) is 0.333. The van der Waals surface area contributed by atoms with E-state index in [1.807, 2.05) is 0 Å². The highest BCUT2D eigenvalue weighted by atomic mass is 35.5. The van der Waals surface area contributed by atoms with Crippen molar-refractivity contribution >= 4 is 29.0 Å². The van der Waals surface area contributed by atoms with Gasteiger partial charge in [-0.1, -0.05) is 11.6 Å². The van der Waals surface area contributed by atoms with Crippen LogP contribution in [0.4, 0.5) is 11.5 Å². The second-order valence-electron chi connectivity index (χ2n) is 3.53. The van der Waals surface area contributed by atoms with Crippen LogP contribution in [0.3, 0.4) is 0 Å². The normalized spacial score (nSPS) is 21.1. The van der Waals surface area contributed by atoms with Gasteiger partial charge < -0.3 is 16.4 Å². The van der Waals surface area contributed by atoms with Crippen molar-refractivity contribution in [3.63, 3.8) is 0 Å². The lowest BCUT2D eigenvalue weighted by Crippen LogP contribution is -2.28. The summed E-state index contributed by atoms with van der Waals surface area (Å²) in [6, 6.07) is 1.48. The molecule has 1 fully saturated rings. The summed E-state index contributed by atoms with van der Waals surface area (Å²) in [6.45, 7) is 0.463. The minimum atomic E-state index is -0.143. The first-order valence-electron chi connectivity index (χ1n) is 4.55. The molecule has 6 heteroatoms. The van der Waals surface area contributed by atoms with Crippen LogP contribution < -0.4 is 16.4 Å². The molecule has 2 heterocycles. The third-order valence-electron chi connectivity index (χ3n) is 2.31. The minimum Gasteiger partial charge on any atom is -0.382 e. The van der Waals surface area contributed by atoms with Crippen molar-refractivity contribution in [2.24, 2.45) is 5.73 Å². The topological polar surface area (TPSA) is 85.2 Å². The van der Waals surface area contributed by atoms with Crippen molar-refractivity contribution in [1.29, 1.82) is 0 Å². The molecule has 0 spiro atoms. The second kappa shape index (κ2) is 3.67. The highest BCUT2D eigenvalue weighted by Crippen LogP contribution is 2.27. The molecule has 1 atom stereocenters. The lowest BCUT2D eigenvalue weighted by atomic mass is 10.3. The fourth-order valence-corrected chi connectivity index (χ4v) is 1.78. The molecule has 0 saturated carbocycles. The standard InChI is InChI=1S/C9H11ClN4O/c10-5-1-7(9(12)13-3-5)14-4-6(11)2-8(14)15/h1,3,6H,2,4,11H2,(H2,12,13). The number of amides is 1. The lowest BCUT2D eigenvalue weighted by Gasteiger charge is -2.17. The van der Waals surface area contributed by atoms with E-state index in [1.165, 1.54) is 11.1 Å². The molecule has 0 aromatic carbocycles. The zero-order chi connectivity index (χ0) is 11.0. The van der Waals surface area contributed by atoms with E-state index >= 15 is 0 Å². The summed E-state index contributed by atoms with van der Waals surface area (Å²) < 4.78 is 0. The van der Waals surface area contributed by atoms with Gasteiger partial charge in [-0.25, -0.2) is 4.98 Å². The first-order valence-corrected chi connectivity index (χ1v) is 4.92. The Kier molecular flexibility index (Phi) is 2.50. The number of rotatable bonds is 1. The molecule has 1 unspecified atom stereocenters. The molecule has 1 aromatic heterocycles. The Morgan fingerprint density at radius 1 is 1.60 bits per heavy atom. The highest BCUT2D eigenvalue weighted by Gasteiger charge is 2.29. The largest absolute Gasteiger partial charge is 0.382 e. The summed E-state index contributed by atoms with van der Waals surface area (Å²) in [7, 11) is 0. The molecule has 1 saturated heterocycles. The fourth-order valence-electron chi connectivity index (χ4n) is 1.62. The molecule has 1 aliphatic rings. The molecule has 0 radical (unpaired) electrons. The molecule has 1 amide bonds. The molecule has 5 nitrogen and oxygen atoms in total. The molecular formula is C9H11ClN4O. The van der Waals surface area contributed by atoms with Crippen LogP contribution in [0.25, 0.3) is 0 Å². The van der Waals surface area contributed by atoms with Gasteiger partial charge in [-0.3, -0.25) is 4.79 Å². The Morgan fingerprint density at radius 3 is 2.93 bits per heavy atom. The summed E-state index contributed by atoms with van der Waals surface area (Å²) in [4.78, 5) is 17.0. The Hall–Kier alpha value is -1.33. The van der Waals surface area contributed by atoms with E-state index in [-0.39, 0.29) is 11.9 Å². The van der Waals surface area contributed by atoms with Gasteiger partial charge in [0.05, 0.1) is 10.7 Å². The predicted octanol–water partition coefficient (Wildman–Crippen LogP) is 0.381. The molecule has 0 aliphatic carbocycles. The van der Waals surface area contributed by atoms with Crippen LogP contribution in [0.1, 0.15) is 6.42 Å². The maximum atomic E-state index is 11.6. The molecule has 80 valence electrons. The van der Waals surface area contributed by atoms with Crippen LogP contribution in [0, 0.1) is 0 Å². The number of aromatic nitrogens is 1. The van der Waals surface area contributed by atoms with Crippen LogP contribution in [0.2, 0.25) is 5.02 Å². The summed E-state index contributed by atoms with van der Waals surface area (Å²) >= 11 is 5.79. The summed E-state index contributed by atoms with van der Waals surface area (Å²) in [5.41, 5.74) is 11.9. The van der Waals surface area contributed by atoms with Gasteiger partial charge in [-0.05, 0) is 6.07 Å². The highest BCUT2D eigenvalue weighted by molar-refractivity contribution is 6.31. The molecule has 1 aliphatic heterocycles. The summed E-state index contributed by atoms with van der Waals surface area (Å²) in [6.07, 6.45) is 1.78. The third kappa shape index (κ3) is 1.88. The molecule has 1 aromatic rings. The van der Waals surface area contributed by atoms with Gasteiger partial charge in [0.25, 0.3) is 0 Å². The van der Waals surface area contributed by atoms with Crippen molar-refractivity contribution in [3.8, 4) is 0 Å². The lowest BCUT2D eigenvalue weighted by molar-refractivity contribution is -0.117. The van der Waals surface area contributed by atoms with Crippen molar-refractivity contribution in [2.45, 2.75) is 12.5 Å². The maximum Gasteiger partial charge on any atom is 0.228 e. The van der Waals surface area contributed by atoms with Gasteiger partial charge >= 0.3 is 0 Å². The number of hydrogen-bond donors (Lipinski definition) is 2. The molecule has 4 N–H and O–H groups in total. The number of halogens is 1. The second-order valence-corrected chi connectivity index (χ2v) is 3.96. The number of nitrogens with two attached hydrogens (primary N) is 2. The monoisotopic (exact) mass is 226 g/mol. The first kappa shape index (κ1) is 10.2. The van der Waals surface area contributed by atoms with Crippen molar-refractivity contribution in [1.82, 2.24) is 4.98 Å². The van der Waals surface area contributed by atoms with Crippen molar-refractivity contribution < 1.29 is 4.79 Å².